The molecule has 1 unspecified atom stereocenters. The predicted molar refractivity (Wildman–Crippen MR) is 89.2 cm³/mol. The summed E-state index contributed by atoms with van der Waals surface area (Å²) in [6, 6.07) is 0.435. The second-order valence-electron chi connectivity index (χ2n) is 5.37. The fraction of sp³-hybridized carbons (Fsp3) is 0.812. The molecule has 0 aromatic carbocycles. The van der Waals surface area contributed by atoms with Crippen LogP contribution in [0.15, 0.2) is 0 Å². The fourth-order valence-corrected chi connectivity index (χ4v) is 2.89. The summed E-state index contributed by atoms with van der Waals surface area (Å²) in [6.07, 6.45) is 5.12. The summed E-state index contributed by atoms with van der Waals surface area (Å²) in [4.78, 5) is 0. The third-order valence-electron chi connectivity index (χ3n) is 3.72. The lowest BCUT2D eigenvalue weighted by Crippen LogP contribution is -2.33. The topological polar surface area (TPSA) is 39.1 Å². The zero-order valence-corrected chi connectivity index (χ0v) is 14.7. The van der Waals surface area contributed by atoms with Gasteiger partial charge in [0.05, 0.1) is 16.4 Å². The van der Waals surface area contributed by atoms with Crippen molar-refractivity contribution in [3.8, 4) is 0 Å². The van der Waals surface area contributed by atoms with E-state index >= 15 is 0 Å². The van der Waals surface area contributed by atoms with E-state index in [-0.39, 0.29) is 0 Å². The Balaban J connectivity index is 2.78. The second kappa shape index (κ2) is 10.2. The molecule has 0 saturated carbocycles. The van der Waals surface area contributed by atoms with Gasteiger partial charge < -0.3 is 10.1 Å². The number of aromatic nitrogens is 2. The zero-order valence-electron chi connectivity index (χ0n) is 13.9. The van der Waals surface area contributed by atoms with Gasteiger partial charge in [-0.2, -0.15) is 5.10 Å². The Morgan fingerprint density at radius 2 is 2.10 bits per heavy atom. The summed E-state index contributed by atoms with van der Waals surface area (Å²) in [5, 5.41) is 9.09. The molecule has 0 radical (unpaired) electrons. The van der Waals surface area contributed by atoms with E-state index in [1.165, 1.54) is 5.69 Å². The molecule has 0 fully saturated rings. The van der Waals surface area contributed by atoms with Crippen LogP contribution in [0.1, 0.15) is 51.4 Å². The smallest absolute Gasteiger partial charge is 0.0850 e. The molecule has 122 valence electrons. The molecule has 0 saturated heterocycles. The molecule has 1 N–H and O–H groups in total. The van der Waals surface area contributed by atoms with Gasteiger partial charge in [0, 0.05) is 32.7 Å². The van der Waals surface area contributed by atoms with Crippen LogP contribution in [0.5, 0.6) is 0 Å². The summed E-state index contributed by atoms with van der Waals surface area (Å²) >= 11 is 6.51. The minimum atomic E-state index is 0.435. The van der Waals surface area contributed by atoms with Crippen LogP contribution in [0.3, 0.4) is 0 Å². The fourth-order valence-electron chi connectivity index (χ4n) is 2.54. The summed E-state index contributed by atoms with van der Waals surface area (Å²) in [5.74, 6) is 0. The van der Waals surface area contributed by atoms with Gasteiger partial charge in [0.2, 0.25) is 0 Å². The maximum atomic E-state index is 6.51. The van der Waals surface area contributed by atoms with Crippen LogP contribution >= 0.6 is 11.6 Å². The quantitative estimate of drug-likeness (QED) is 0.636. The molecular formula is C16H30ClN3O. The summed E-state index contributed by atoms with van der Waals surface area (Å²) in [5.41, 5.74) is 2.18. The number of rotatable bonds is 11. The standard InChI is InChI=1S/C16H30ClN3O/c1-5-10-18-13(9-8-11-21-4)12-15-16(17)14(6-2)19-20(15)7-3/h13,18H,5-12H2,1-4H3. The molecule has 4 nitrogen and oxygen atoms in total. The van der Waals surface area contributed by atoms with Crippen LogP contribution in [0, 0.1) is 0 Å². The number of methoxy groups -OCH3 is 1. The lowest BCUT2D eigenvalue weighted by Gasteiger charge is -2.19. The highest BCUT2D eigenvalue weighted by Gasteiger charge is 2.18. The maximum absolute atomic E-state index is 6.51. The molecule has 0 spiro atoms. The lowest BCUT2D eigenvalue weighted by molar-refractivity contribution is 0.188. The zero-order chi connectivity index (χ0) is 15.7. The minimum absolute atomic E-state index is 0.435. The molecular weight excluding hydrogens is 286 g/mol. The Kier molecular flexibility index (Phi) is 8.97. The SMILES string of the molecule is CCCNC(CCCOC)Cc1c(Cl)c(CC)nn1CC. The number of nitrogens with zero attached hydrogens (tertiary/aromatic N) is 2. The first-order chi connectivity index (χ1) is 10.2. The molecule has 0 aliphatic rings. The van der Waals surface area contributed by atoms with E-state index in [1.807, 2.05) is 0 Å². The molecule has 0 bridgehead atoms. The summed E-state index contributed by atoms with van der Waals surface area (Å²) < 4.78 is 7.22. The predicted octanol–water partition coefficient (Wildman–Crippen LogP) is 3.46. The monoisotopic (exact) mass is 315 g/mol. The molecule has 0 aliphatic carbocycles. The van der Waals surface area contributed by atoms with Crippen LogP contribution in [0.4, 0.5) is 0 Å². The Hall–Kier alpha value is -0.580. The van der Waals surface area contributed by atoms with Crippen LogP contribution in [-0.2, 0) is 24.1 Å². The lowest BCUT2D eigenvalue weighted by atomic mass is 10.0. The van der Waals surface area contributed by atoms with Crippen molar-refractivity contribution in [2.75, 3.05) is 20.3 Å². The normalized spacial score (nSPS) is 12.8. The first kappa shape index (κ1) is 18.5. The average Bonchev–Trinajstić information content (AvgIpc) is 2.80. The van der Waals surface area contributed by atoms with Crippen molar-refractivity contribution in [1.29, 1.82) is 0 Å². The number of hydrogen-bond acceptors (Lipinski definition) is 3. The summed E-state index contributed by atoms with van der Waals surface area (Å²) in [7, 11) is 1.75. The van der Waals surface area contributed by atoms with Crippen LogP contribution in [0.25, 0.3) is 0 Å². The van der Waals surface area contributed by atoms with E-state index < -0.39 is 0 Å². The Morgan fingerprint density at radius 3 is 2.67 bits per heavy atom. The van der Waals surface area contributed by atoms with Gasteiger partial charge in [-0.1, -0.05) is 25.4 Å². The Labute approximate surface area is 134 Å². The second-order valence-corrected chi connectivity index (χ2v) is 5.74. The highest BCUT2D eigenvalue weighted by molar-refractivity contribution is 6.31. The highest BCUT2D eigenvalue weighted by atomic mass is 35.5. The molecule has 1 rings (SSSR count). The Bertz CT molecular complexity index is 406. The van der Waals surface area contributed by atoms with E-state index in [0.717, 1.165) is 62.5 Å². The van der Waals surface area contributed by atoms with E-state index in [2.05, 4.69) is 35.9 Å². The van der Waals surface area contributed by atoms with Crippen molar-refractivity contribution in [3.05, 3.63) is 16.4 Å². The summed E-state index contributed by atoms with van der Waals surface area (Å²) in [6.45, 7) is 9.13. The third-order valence-corrected chi connectivity index (χ3v) is 4.15. The van der Waals surface area contributed by atoms with Crippen molar-refractivity contribution in [2.24, 2.45) is 0 Å². The number of aryl methyl sites for hydroxylation is 2. The van der Waals surface area contributed by atoms with Gasteiger partial charge in [-0.15, -0.1) is 0 Å². The number of hydrogen-bond donors (Lipinski definition) is 1. The van der Waals surface area contributed by atoms with E-state index in [4.69, 9.17) is 16.3 Å². The van der Waals surface area contributed by atoms with Crippen LogP contribution < -0.4 is 5.32 Å². The number of ether oxygens (including phenoxy) is 1. The van der Waals surface area contributed by atoms with E-state index in [1.54, 1.807) is 7.11 Å². The number of nitrogens with one attached hydrogen (secondary N) is 1. The first-order valence-electron chi connectivity index (χ1n) is 8.14. The molecule has 5 heteroatoms. The van der Waals surface area contributed by atoms with Gasteiger partial charge in [-0.25, -0.2) is 0 Å². The molecule has 1 aromatic heterocycles. The van der Waals surface area contributed by atoms with Crippen molar-refractivity contribution >= 4 is 11.6 Å². The van der Waals surface area contributed by atoms with Crippen molar-refractivity contribution in [3.63, 3.8) is 0 Å². The van der Waals surface area contributed by atoms with E-state index in [9.17, 15) is 0 Å². The van der Waals surface area contributed by atoms with Gasteiger partial charge in [0.15, 0.2) is 0 Å². The molecule has 1 heterocycles. The highest BCUT2D eigenvalue weighted by Crippen LogP contribution is 2.23. The van der Waals surface area contributed by atoms with Gasteiger partial charge >= 0.3 is 0 Å². The van der Waals surface area contributed by atoms with Crippen LogP contribution in [-0.4, -0.2) is 36.1 Å². The van der Waals surface area contributed by atoms with Gasteiger partial charge in [0.1, 0.15) is 0 Å². The van der Waals surface area contributed by atoms with Crippen molar-refractivity contribution < 1.29 is 4.74 Å². The first-order valence-corrected chi connectivity index (χ1v) is 8.51. The minimum Gasteiger partial charge on any atom is -0.385 e. The Morgan fingerprint density at radius 1 is 1.33 bits per heavy atom. The molecule has 1 atom stereocenters. The average molecular weight is 316 g/mol. The number of halogens is 1. The van der Waals surface area contributed by atoms with Crippen molar-refractivity contribution in [1.82, 2.24) is 15.1 Å². The molecule has 1 aromatic rings. The maximum Gasteiger partial charge on any atom is 0.0850 e. The third kappa shape index (κ3) is 5.61. The van der Waals surface area contributed by atoms with Gasteiger partial charge in [-0.05, 0) is 39.2 Å². The van der Waals surface area contributed by atoms with Gasteiger partial charge in [0.25, 0.3) is 0 Å². The molecule has 21 heavy (non-hydrogen) atoms. The van der Waals surface area contributed by atoms with E-state index in [0.29, 0.717) is 6.04 Å². The van der Waals surface area contributed by atoms with Crippen LogP contribution in [0.2, 0.25) is 5.02 Å². The van der Waals surface area contributed by atoms with Gasteiger partial charge in [-0.3, -0.25) is 4.68 Å². The molecule has 0 aliphatic heterocycles. The molecule has 0 amide bonds. The largest absolute Gasteiger partial charge is 0.385 e. The van der Waals surface area contributed by atoms with Crippen molar-refractivity contribution in [2.45, 2.75) is 65.5 Å².